The molecular formula is C28H26F3N7O2. The lowest BCUT2D eigenvalue weighted by Crippen LogP contribution is -2.50. The second kappa shape index (κ2) is 9.19. The zero-order valence-electron chi connectivity index (χ0n) is 21.6. The predicted octanol–water partition coefficient (Wildman–Crippen LogP) is 4.48. The van der Waals surface area contributed by atoms with Crippen molar-refractivity contribution >= 4 is 34.1 Å². The lowest BCUT2D eigenvalue weighted by atomic mass is 9.76. The van der Waals surface area contributed by atoms with E-state index in [0.717, 1.165) is 24.2 Å². The molecule has 2 bridgehead atoms. The predicted molar refractivity (Wildman–Crippen MR) is 141 cm³/mol. The molecule has 3 fully saturated rings. The summed E-state index contributed by atoms with van der Waals surface area (Å²) in [4.78, 5) is 30.4. The van der Waals surface area contributed by atoms with E-state index in [2.05, 4.69) is 14.9 Å². The Hall–Kier alpha value is -4.19. The van der Waals surface area contributed by atoms with E-state index in [9.17, 15) is 13.6 Å². The number of hydrogen-bond acceptors (Lipinski definition) is 7. The van der Waals surface area contributed by atoms with Gasteiger partial charge < -0.3 is 20.3 Å². The molecule has 3 aliphatic heterocycles. The monoisotopic (exact) mass is 549 g/mol. The number of pyridine rings is 1. The van der Waals surface area contributed by atoms with Crippen LogP contribution in [0.4, 0.5) is 24.8 Å². The highest BCUT2D eigenvalue weighted by molar-refractivity contribution is 5.98. The maximum Gasteiger partial charge on any atom is 0.269 e. The summed E-state index contributed by atoms with van der Waals surface area (Å²) in [6.07, 6.45) is 3.51. The molecule has 206 valence electrons. The number of nitrogens with zero attached hydrogens (tertiary/aromatic N) is 6. The summed E-state index contributed by atoms with van der Waals surface area (Å²) in [7, 11) is 1.61. The second-order valence-corrected chi connectivity index (χ2v) is 10.7. The number of nitrogens with two attached hydrogens (primary N) is 1. The zero-order chi connectivity index (χ0) is 27.7. The van der Waals surface area contributed by atoms with Crippen LogP contribution in [0.3, 0.4) is 0 Å². The molecular weight excluding hydrogens is 523 g/mol. The van der Waals surface area contributed by atoms with Gasteiger partial charge in [0.2, 0.25) is 0 Å². The maximum atomic E-state index is 15.2. The standard InChI is InChI=1S/C28H26F3N7O2/c1-36(28(39)18-7-22-20(8-19(18)29)35-27(32)23-9-33-13-38(22)23)24-12-40-11-21-16(24)4-5-25(34-21)37-10-14-2-3-15(37)6-17(14)26(30)31/h4-5,7-9,13-15,24H,2-3,6,10-12H2,1H3,(H2,32,35)/t14-,15+,24?/m0/s1. The van der Waals surface area contributed by atoms with Crippen molar-refractivity contribution in [2.45, 2.75) is 38.0 Å². The number of ether oxygens (including phenoxy) is 1. The molecule has 1 saturated carbocycles. The second-order valence-electron chi connectivity index (χ2n) is 10.7. The Kier molecular flexibility index (Phi) is 5.70. The number of fused-ring (bicyclic) bond motifs is 7. The number of halogens is 3. The Balaban J connectivity index is 1.18. The van der Waals surface area contributed by atoms with Crippen LogP contribution in [0.2, 0.25) is 0 Å². The third kappa shape index (κ3) is 3.80. The Labute approximate surface area is 227 Å². The quantitative estimate of drug-likeness (QED) is 0.402. The van der Waals surface area contributed by atoms with Crippen LogP contribution in [0.15, 0.2) is 48.4 Å². The zero-order valence-corrected chi connectivity index (χ0v) is 21.6. The van der Waals surface area contributed by atoms with E-state index in [-0.39, 0.29) is 42.1 Å². The fourth-order valence-corrected chi connectivity index (χ4v) is 6.41. The number of carbonyl (C=O) groups excluding carboxylic acids is 1. The number of rotatable bonds is 3. The van der Waals surface area contributed by atoms with Gasteiger partial charge in [0.15, 0.2) is 0 Å². The molecule has 8 rings (SSSR count). The van der Waals surface area contributed by atoms with E-state index < -0.39 is 23.8 Å². The van der Waals surface area contributed by atoms with Crippen LogP contribution < -0.4 is 10.6 Å². The van der Waals surface area contributed by atoms with Crippen molar-refractivity contribution < 1.29 is 22.7 Å². The number of piperidine rings is 2. The molecule has 1 aromatic carbocycles. The van der Waals surface area contributed by atoms with Crippen molar-refractivity contribution in [1.82, 2.24) is 24.3 Å². The summed E-state index contributed by atoms with van der Waals surface area (Å²) in [6, 6.07) is 5.96. The van der Waals surface area contributed by atoms with E-state index in [1.54, 1.807) is 24.0 Å². The minimum Gasteiger partial charge on any atom is -0.382 e. The smallest absolute Gasteiger partial charge is 0.269 e. The Morgan fingerprint density at radius 2 is 2.02 bits per heavy atom. The van der Waals surface area contributed by atoms with Gasteiger partial charge in [0, 0.05) is 42.8 Å². The number of likely N-dealkylation sites (N-methyl/N-ethyl adjacent to an activating group) is 1. The van der Waals surface area contributed by atoms with E-state index in [0.29, 0.717) is 35.2 Å². The molecule has 12 heteroatoms. The minimum absolute atomic E-state index is 0.0145. The molecule has 1 aliphatic carbocycles. The van der Waals surface area contributed by atoms with Gasteiger partial charge in [0.05, 0.1) is 54.1 Å². The molecule has 4 aliphatic rings. The van der Waals surface area contributed by atoms with E-state index >= 15 is 4.39 Å². The highest BCUT2D eigenvalue weighted by atomic mass is 19.3. The molecule has 2 N–H and O–H groups in total. The molecule has 0 spiro atoms. The van der Waals surface area contributed by atoms with Gasteiger partial charge in [-0.15, -0.1) is 0 Å². The number of anilines is 2. The van der Waals surface area contributed by atoms with Crippen LogP contribution in [0.25, 0.3) is 16.6 Å². The summed E-state index contributed by atoms with van der Waals surface area (Å²) < 4.78 is 49.4. The van der Waals surface area contributed by atoms with E-state index in [1.165, 1.54) is 17.0 Å². The first-order valence-corrected chi connectivity index (χ1v) is 13.2. The molecule has 0 radical (unpaired) electrons. The Morgan fingerprint density at radius 3 is 2.80 bits per heavy atom. The first-order valence-electron chi connectivity index (χ1n) is 13.2. The third-order valence-electron chi connectivity index (χ3n) is 8.54. The average Bonchev–Trinajstić information content (AvgIpc) is 3.47. The number of amides is 1. The highest BCUT2D eigenvalue weighted by Gasteiger charge is 2.40. The molecule has 2 saturated heterocycles. The van der Waals surface area contributed by atoms with Crippen molar-refractivity contribution in [1.29, 1.82) is 0 Å². The largest absolute Gasteiger partial charge is 0.382 e. The van der Waals surface area contributed by atoms with Gasteiger partial charge in [-0.1, -0.05) is 6.07 Å². The van der Waals surface area contributed by atoms with Crippen LogP contribution in [0, 0.1) is 11.7 Å². The summed E-state index contributed by atoms with van der Waals surface area (Å²) in [6.45, 7) is 1.01. The SMILES string of the molecule is CN(C(=O)c1cc2c(cc1F)nc(N)c1cncn12)C1COCc2nc(N3C[C@@H]4CC[C@@H]3CC4=C(F)F)ccc21. The van der Waals surface area contributed by atoms with Gasteiger partial charge in [-0.3, -0.25) is 9.20 Å². The van der Waals surface area contributed by atoms with E-state index in [4.69, 9.17) is 15.5 Å². The molecule has 9 nitrogen and oxygen atoms in total. The Morgan fingerprint density at radius 1 is 1.18 bits per heavy atom. The molecule has 3 atom stereocenters. The van der Waals surface area contributed by atoms with Crippen molar-refractivity contribution in [2.75, 3.05) is 30.8 Å². The van der Waals surface area contributed by atoms with Crippen molar-refractivity contribution in [3.8, 4) is 0 Å². The van der Waals surface area contributed by atoms with Crippen molar-refractivity contribution in [2.24, 2.45) is 5.92 Å². The van der Waals surface area contributed by atoms with Gasteiger partial charge in [-0.2, -0.15) is 8.78 Å². The van der Waals surface area contributed by atoms with Gasteiger partial charge in [-0.25, -0.2) is 19.3 Å². The van der Waals surface area contributed by atoms with Crippen molar-refractivity contribution in [3.05, 3.63) is 71.1 Å². The Bertz CT molecular complexity index is 1720. The summed E-state index contributed by atoms with van der Waals surface area (Å²) in [5.41, 5.74) is 9.02. The molecule has 4 aromatic rings. The summed E-state index contributed by atoms with van der Waals surface area (Å²) >= 11 is 0. The highest BCUT2D eigenvalue weighted by Crippen LogP contribution is 2.43. The van der Waals surface area contributed by atoms with Gasteiger partial charge in [0.1, 0.15) is 23.0 Å². The fraction of sp³-hybridized carbons (Fsp3) is 0.357. The molecule has 6 heterocycles. The molecule has 3 aromatic heterocycles. The first-order chi connectivity index (χ1) is 19.3. The number of carbonyl (C=O) groups is 1. The normalized spacial score (nSPS) is 22.1. The van der Waals surface area contributed by atoms with Gasteiger partial charge >= 0.3 is 0 Å². The van der Waals surface area contributed by atoms with E-state index in [1.807, 2.05) is 12.1 Å². The van der Waals surface area contributed by atoms with Crippen LogP contribution in [-0.4, -0.2) is 56.4 Å². The van der Waals surface area contributed by atoms with Crippen molar-refractivity contribution in [3.63, 3.8) is 0 Å². The molecule has 1 unspecified atom stereocenters. The van der Waals surface area contributed by atoms with Gasteiger partial charge in [0.25, 0.3) is 12.0 Å². The van der Waals surface area contributed by atoms with Crippen LogP contribution >= 0.6 is 0 Å². The fourth-order valence-electron chi connectivity index (χ4n) is 6.41. The number of imidazole rings is 1. The summed E-state index contributed by atoms with van der Waals surface area (Å²) in [5.74, 6) is -0.447. The number of benzene rings is 1. The lowest BCUT2D eigenvalue weighted by molar-refractivity contribution is 0.0328. The third-order valence-corrected chi connectivity index (χ3v) is 8.54. The summed E-state index contributed by atoms with van der Waals surface area (Å²) in [5, 5.41) is 0. The number of hydrogen-bond donors (Lipinski definition) is 1. The van der Waals surface area contributed by atoms with Crippen LogP contribution in [-0.2, 0) is 11.3 Å². The maximum absolute atomic E-state index is 15.2. The van der Waals surface area contributed by atoms with Gasteiger partial charge in [-0.05, 0) is 31.4 Å². The minimum atomic E-state index is -1.55. The molecule has 1 amide bonds. The number of nitrogen functional groups attached to an aromatic ring is 1. The molecule has 40 heavy (non-hydrogen) atoms. The number of aromatic nitrogens is 4. The first kappa shape index (κ1) is 24.8. The average molecular weight is 550 g/mol. The van der Waals surface area contributed by atoms with Crippen LogP contribution in [0.5, 0.6) is 0 Å². The lowest BCUT2D eigenvalue weighted by Gasteiger charge is -2.47. The van der Waals surface area contributed by atoms with Crippen LogP contribution in [0.1, 0.15) is 46.9 Å². The topological polar surface area (TPSA) is 102 Å².